The van der Waals surface area contributed by atoms with Crippen molar-refractivity contribution in [3.63, 3.8) is 0 Å². The number of carbonyl (C=O) groups excluding carboxylic acids is 2. The molecule has 0 radical (unpaired) electrons. The fourth-order valence-electron chi connectivity index (χ4n) is 2.97. The second-order valence-electron chi connectivity index (χ2n) is 5.55. The van der Waals surface area contributed by atoms with Gasteiger partial charge in [-0.05, 0) is 26.2 Å². The number of nitrogens with zero attached hydrogens (tertiary/aromatic N) is 1. The molecule has 2 fully saturated rings. The first-order valence-electron chi connectivity index (χ1n) is 7.48. The molecule has 2 unspecified atom stereocenters. The van der Waals surface area contributed by atoms with E-state index in [2.05, 4.69) is 10.6 Å². The molecule has 2 aliphatic heterocycles. The Morgan fingerprint density at radius 1 is 1.35 bits per heavy atom. The third kappa shape index (κ3) is 3.49. The van der Waals surface area contributed by atoms with E-state index < -0.39 is 0 Å². The summed E-state index contributed by atoms with van der Waals surface area (Å²) in [5, 5.41) is 6.07. The molecule has 0 aromatic heterocycles. The van der Waals surface area contributed by atoms with Gasteiger partial charge in [-0.15, -0.1) is 0 Å². The van der Waals surface area contributed by atoms with Crippen molar-refractivity contribution in [3.8, 4) is 0 Å². The molecule has 2 amide bonds. The maximum Gasteiger partial charge on any atom is 0.239 e. The maximum absolute atomic E-state index is 12.4. The standard InChI is InChI=1S/C14H25N3O3/c1-3-15-13(18)10-4-6-17(7-5-10)14(19)12-8-11(20-2)9-16-12/h10-12,16H,3-9H2,1-2H3,(H,15,18). The minimum Gasteiger partial charge on any atom is -0.380 e. The van der Waals surface area contributed by atoms with Gasteiger partial charge in [-0.2, -0.15) is 0 Å². The fraction of sp³-hybridized carbons (Fsp3) is 0.857. The molecule has 2 heterocycles. The minimum absolute atomic E-state index is 0.0576. The van der Waals surface area contributed by atoms with Gasteiger partial charge in [0, 0.05) is 39.2 Å². The molecule has 0 bridgehead atoms. The largest absolute Gasteiger partial charge is 0.380 e. The first-order chi connectivity index (χ1) is 9.65. The Balaban J connectivity index is 1.79. The van der Waals surface area contributed by atoms with Crippen molar-refractivity contribution < 1.29 is 14.3 Å². The highest BCUT2D eigenvalue weighted by Crippen LogP contribution is 2.20. The average molecular weight is 283 g/mol. The number of nitrogens with one attached hydrogen (secondary N) is 2. The highest BCUT2D eigenvalue weighted by Gasteiger charge is 2.34. The summed E-state index contributed by atoms with van der Waals surface area (Å²) < 4.78 is 5.27. The second kappa shape index (κ2) is 7.04. The number of hydrogen-bond acceptors (Lipinski definition) is 4. The van der Waals surface area contributed by atoms with Crippen LogP contribution in [0, 0.1) is 5.92 Å². The third-order valence-corrected chi connectivity index (χ3v) is 4.25. The van der Waals surface area contributed by atoms with Gasteiger partial charge in [-0.25, -0.2) is 0 Å². The number of hydrogen-bond donors (Lipinski definition) is 2. The monoisotopic (exact) mass is 283 g/mol. The molecule has 0 spiro atoms. The van der Waals surface area contributed by atoms with Crippen molar-refractivity contribution in [1.82, 2.24) is 15.5 Å². The van der Waals surface area contributed by atoms with Gasteiger partial charge >= 0.3 is 0 Å². The molecule has 2 N–H and O–H groups in total. The van der Waals surface area contributed by atoms with Crippen molar-refractivity contribution in [2.75, 3.05) is 33.3 Å². The van der Waals surface area contributed by atoms with Crippen LogP contribution in [-0.4, -0.2) is 62.1 Å². The summed E-state index contributed by atoms with van der Waals surface area (Å²) in [6, 6.07) is -0.124. The summed E-state index contributed by atoms with van der Waals surface area (Å²) in [6.45, 7) is 4.69. The van der Waals surface area contributed by atoms with Crippen molar-refractivity contribution in [2.45, 2.75) is 38.3 Å². The Morgan fingerprint density at radius 2 is 2.05 bits per heavy atom. The Bertz CT molecular complexity index is 354. The van der Waals surface area contributed by atoms with Crippen LogP contribution in [-0.2, 0) is 14.3 Å². The SMILES string of the molecule is CCNC(=O)C1CCN(C(=O)C2CC(OC)CN2)CC1. The van der Waals surface area contributed by atoms with Gasteiger partial charge in [-0.3, -0.25) is 9.59 Å². The van der Waals surface area contributed by atoms with Crippen LogP contribution in [0.4, 0.5) is 0 Å². The quantitative estimate of drug-likeness (QED) is 0.746. The fourth-order valence-corrected chi connectivity index (χ4v) is 2.97. The third-order valence-electron chi connectivity index (χ3n) is 4.25. The predicted molar refractivity (Wildman–Crippen MR) is 75.2 cm³/mol. The highest BCUT2D eigenvalue weighted by molar-refractivity contribution is 5.83. The topological polar surface area (TPSA) is 70.7 Å². The van der Waals surface area contributed by atoms with Crippen molar-refractivity contribution in [1.29, 1.82) is 0 Å². The van der Waals surface area contributed by atoms with Crippen LogP contribution < -0.4 is 10.6 Å². The average Bonchev–Trinajstić information content (AvgIpc) is 2.96. The lowest BCUT2D eigenvalue weighted by Crippen LogP contribution is -2.48. The molecule has 20 heavy (non-hydrogen) atoms. The molecule has 0 aliphatic carbocycles. The van der Waals surface area contributed by atoms with Crippen LogP contribution >= 0.6 is 0 Å². The molecule has 6 nitrogen and oxygen atoms in total. The van der Waals surface area contributed by atoms with Crippen molar-refractivity contribution in [3.05, 3.63) is 0 Å². The predicted octanol–water partition coefficient (Wildman–Crippen LogP) is -0.262. The summed E-state index contributed by atoms with van der Waals surface area (Å²) in [5.74, 6) is 0.333. The Morgan fingerprint density at radius 3 is 2.60 bits per heavy atom. The molecule has 2 saturated heterocycles. The van der Waals surface area contributed by atoms with Gasteiger partial charge in [0.2, 0.25) is 11.8 Å². The van der Waals surface area contributed by atoms with Gasteiger partial charge in [0.05, 0.1) is 12.1 Å². The van der Waals surface area contributed by atoms with Gasteiger partial charge in [0.1, 0.15) is 0 Å². The lowest BCUT2D eigenvalue weighted by Gasteiger charge is -2.33. The zero-order valence-electron chi connectivity index (χ0n) is 12.4. The zero-order chi connectivity index (χ0) is 14.5. The van der Waals surface area contributed by atoms with Crippen molar-refractivity contribution >= 4 is 11.8 Å². The van der Waals surface area contributed by atoms with Crippen molar-refractivity contribution in [2.24, 2.45) is 5.92 Å². The maximum atomic E-state index is 12.4. The van der Waals surface area contributed by atoms with Gasteiger partial charge in [0.15, 0.2) is 0 Å². The Kier molecular flexibility index (Phi) is 5.37. The van der Waals surface area contributed by atoms with Gasteiger partial charge in [-0.1, -0.05) is 0 Å². The van der Waals surface area contributed by atoms with Crippen LogP contribution in [0.5, 0.6) is 0 Å². The van der Waals surface area contributed by atoms with E-state index in [1.54, 1.807) is 7.11 Å². The summed E-state index contributed by atoms with van der Waals surface area (Å²) in [5.41, 5.74) is 0. The molecular weight excluding hydrogens is 258 g/mol. The van der Waals surface area contributed by atoms with E-state index in [-0.39, 0.29) is 29.9 Å². The first-order valence-corrected chi connectivity index (χ1v) is 7.48. The van der Waals surface area contributed by atoms with Crippen LogP contribution in [0.2, 0.25) is 0 Å². The van der Waals surface area contributed by atoms with Crippen LogP contribution in [0.15, 0.2) is 0 Å². The molecule has 2 atom stereocenters. The second-order valence-corrected chi connectivity index (χ2v) is 5.55. The number of amides is 2. The summed E-state index contributed by atoms with van der Waals surface area (Å²) in [6.07, 6.45) is 2.40. The molecule has 2 rings (SSSR count). The number of likely N-dealkylation sites (tertiary alicyclic amines) is 1. The molecule has 0 aromatic carbocycles. The first kappa shape index (κ1) is 15.3. The summed E-state index contributed by atoms with van der Waals surface area (Å²) in [7, 11) is 1.68. The highest BCUT2D eigenvalue weighted by atomic mass is 16.5. The summed E-state index contributed by atoms with van der Waals surface area (Å²) in [4.78, 5) is 26.0. The van der Waals surface area contributed by atoms with E-state index in [0.29, 0.717) is 19.6 Å². The summed E-state index contributed by atoms with van der Waals surface area (Å²) >= 11 is 0. The van der Waals surface area contributed by atoms with E-state index in [1.807, 2.05) is 11.8 Å². The minimum atomic E-state index is -0.124. The molecule has 6 heteroatoms. The zero-order valence-corrected chi connectivity index (χ0v) is 12.4. The van der Waals surface area contributed by atoms with Gasteiger partial charge < -0.3 is 20.3 Å². The van der Waals surface area contributed by atoms with E-state index >= 15 is 0 Å². The normalized spacial score (nSPS) is 27.6. The number of carbonyl (C=O) groups is 2. The van der Waals surface area contributed by atoms with E-state index in [9.17, 15) is 9.59 Å². The molecule has 0 aromatic rings. The van der Waals surface area contributed by atoms with E-state index in [1.165, 1.54) is 0 Å². The number of rotatable bonds is 4. The number of piperidine rings is 1. The number of ether oxygens (including phenoxy) is 1. The Labute approximate surface area is 120 Å². The lowest BCUT2D eigenvalue weighted by atomic mass is 9.95. The Hall–Kier alpha value is -1.14. The smallest absolute Gasteiger partial charge is 0.239 e. The molecule has 0 saturated carbocycles. The molecule has 114 valence electrons. The molecule has 2 aliphatic rings. The van der Waals surface area contributed by atoms with Crippen LogP contribution in [0.25, 0.3) is 0 Å². The number of methoxy groups -OCH3 is 1. The molecular formula is C14H25N3O3. The van der Waals surface area contributed by atoms with E-state index in [4.69, 9.17) is 4.74 Å². The van der Waals surface area contributed by atoms with Gasteiger partial charge in [0.25, 0.3) is 0 Å². The van der Waals surface area contributed by atoms with Crippen LogP contribution in [0.1, 0.15) is 26.2 Å². The van der Waals surface area contributed by atoms with Crippen LogP contribution in [0.3, 0.4) is 0 Å². The lowest BCUT2D eigenvalue weighted by molar-refractivity contribution is -0.137. The van der Waals surface area contributed by atoms with E-state index in [0.717, 1.165) is 25.8 Å².